The van der Waals surface area contributed by atoms with Crippen molar-refractivity contribution in [1.29, 1.82) is 0 Å². The van der Waals surface area contributed by atoms with E-state index in [-0.39, 0.29) is 24.7 Å². The monoisotopic (exact) mass is 511 g/mol. The number of hydrogen-bond acceptors (Lipinski definition) is 8. The molecule has 3 N–H and O–H groups in total. The summed E-state index contributed by atoms with van der Waals surface area (Å²) >= 11 is 0. The minimum atomic E-state index is -3.93. The first kappa shape index (κ1) is 24.6. The van der Waals surface area contributed by atoms with Crippen LogP contribution < -0.4 is 10.0 Å². The fourth-order valence-electron chi connectivity index (χ4n) is 4.89. The number of nitrogens with zero attached hydrogens (tertiary/aromatic N) is 3. The van der Waals surface area contributed by atoms with Crippen molar-refractivity contribution in [2.45, 2.75) is 50.0 Å². The van der Waals surface area contributed by atoms with E-state index < -0.39 is 22.5 Å². The van der Waals surface area contributed by atoms with Crippen LogP contribution in [0.15, 0.2) is 61.3 Å². The summed E-state index contributed by atoms with van der Waals surface area (Å²) in [5, 5.41) is 13.4. The van der Waals surface area contributed by atoms with Crippen molar-refractivity contribution in [2.24, 2.45) is 5.92 Å². The maximum Gasteiger partial charge on any atom is 0.335 e. The fourth-order valence-corrected chi connectivity index (χ4v) is 5.51. The second kappa shape index (κ2) is 10.1. The summed E-state index contributed by atoms with van der Waals surface area (Å²) in [4.78, 5) is 21.6. The van der Waals surface area contributed by atoms with E-state index in [1.54, 1.807) is 6.07 Å². The summed E-state index contributed by atoms with van der Waals surface area (Å²) in [5.41, 5.74) is 2.21. The molecule has 5 atom stereocenters. The van der Waals surface area contributed by atoms with Crippen molar-refractivity contribution in [3.63, 3.8) is 0 Å². The molecule has 0 spiro atoms. The van der Waals surface area contributed by atoms with E-state index in [9.17, 15) is 18.3 Å². The summed E-state index contributed by atoms with van der Waals surface area (Å²) < 4.78 is 32.5. The number of aliphatic hydroxyl groups is 1. The quantitative estimate of drug-likeness (QED) is 0.352. The lowest BCUT2D eigenvalue weighted by Gasteiger charge is -2.15. The molecule has 0 amide bonds. The number of carbonyl (C=O) groups is 1. The van der Waals surface area contributed by atoms with Crippen LogP contribution in [0, 0.1) is 5.92 Å². The molecule has 10 nitrogen and oxygen atoms in total. The third kappa shape index (κ3) is 5.49. The van der Waals surface area contributed by atoms with Crippen LogP contribution in [0.4, 0.5) is 5.82 Å². The number of carbonyl (C=O) groups excluding carboxylic acids is 1. The molecule has 0 unspecified atom stereocenters. The molecule has 2 aromatic heterocycles. The maximum absolute atomic E-state index is 13.3. The van der Waals surface area contributed by atoms with E-state index in [1.165, 1.54) is 25.1 Å². The molecule has 0 radical (unpaired) electrons. The van der Waals surface area contributed by atoms with Crippen LogP contribution in [-0.2, 0) is 21.0 Å². The Morgan fingerprint density at radius 3 is 2.78 bits per heavy atom. The predicted octanol–water partition coefficient (Wildman–Crippen LogP) is 2.10. The topological polar surface area (TPSA) is 135 Å². The second-order valence-electron chi connectivity index (χ2n) is 9.40. The van der Waals surface area contributed by atoms with E-state index in [1.807, 2.05) is 18.5 Å². The minimum absolute atomic E-state index is 0.212. The summed E-state index contributed by atoms with van der Waals surface area (Å²) in [6, 6.07) is 11.9. The predicted molar refractivity (Wildman–Crippen MR) is 133 cm³/mol. The van der Waals surface area contributed by atoms with E-state index in [2.05, 4.69) is 48.8 Å². The standard InChI is InChI=1S/C25H29N5O5S/c1-26-36(33,34)35-23-11-19(10-22(23)31)29-25-21(12-27-15-28-25)24(32)17-7-8-30(13-17)14-18-9-20(18)16-5-3-2-4-6-16/h2-8,12-13,15,18-20,22-23,26,31H,9-11,14H2,1H3,(H,27,28,29)/t18-,19-,20-,22+,23-/m1/s1. The molecule has 2 aliphatic rings. The zero-order valence-corrected chi connectivity index (χ0v) is 20.6. The van der Waals surface area contributed by atoms with Gasteiger partial charge in [-0.25, -0.2) is 9.97 Å². The van der Waals surface area contributed by atoms with Gasteiger partial charge in [-0.2, -0.15) is 13.1 Å². The highest BCUT2D eigenvalue weighted by Gasteiger charge is 2.39. The smallest absolute Gasteiger partial charge is 0.335 e. The van der Waals surface area contributed by atoms with Crippen molar-refractivity contribution in [1.82, 2.24) is 19.3 Å². The van der Waals surface area contributed by atoms with Gasteiger partial charge in [-0.3, -0.25) is 8.98 Å². The van der Waals surface area contributed by atoms with Gasteiger partial charge in [-0.1, -0.05) is 30.3 Å². The first-order chi connectivity index (χ1) is 17.3. The number of aromatic nitrogens is 3. The average molecular weight is 512 g/mol. The molecule has 0 saturated heterocycles. The van der Waals surface area contributed by atoms with Crippen molar-refractivity contribution in [2.75, 3.05) is 12.4 Å². The molecule has 1 aromatic carbocycles. The van der Waals surface area contributed by atoms with Gasteiger partial charge in [0.25, 0.3) is 0 Å². The van der Waals surface area contributed by atoms with Gasteiger partial charge in [-0.05, 0) is 42.7 Å². The Labute approximate surface area is 210 Å². The molecule has 11 heteroatoms. The van der Waals surface area contributed by atoms with Crippen molar-refractivity contribution in [3.05, 3.63) is 78.0 Å². The number of hydrogen-bond donors (Lipinski definition) is 3. The highest BCUT2D eigenvalue weighted by Crippen LogP contribution is 2.48. The molecular formula is C25H29N5O5S. The average Bonchev–Trinajstić information content (AvgIpc) is 3.34. The van der Waals surface area contributed by atoms with E-state index in [4.69, 9.17) is 4.18 Å². The Bertz CT molecular complexity index is 1330. The number of benzene rings is 1. The Kier molecular flexibility index (Phi) is 6.89. The molecule has 2 heterocycles. The maximum atomic E-state index is 13.3. The summed E-state index contributed by atoms with van der Waals surface area (Å²) in [5.74, 6) is 1.24. The molecule has 2 aliphatic carbocycles. The Morgan fingerprint density at radius 2 is 2.00 bits per heavy atom. The third-order valence-corrected chi connectivity index (χ3v) is 7.88. The second-order valence-corrected chi connectivity index (χ2v) is 10.9. The molecule has 190 valence electrons. The van der Waals surface area contributed by atoms with E-state index in [0.717, 1.165) is 13.0 Å². The van der Waals surface area contributed by atoms with Crippen LogP contribution in [0.2, 0.25) is 0 Å². The zero-order valence-electron chi connectivity index (χ0n) is 19.8. The number of ketones is 1. The van der Waals surface area contributed by atoms with Crippen LogP contribution in [0.5, 0.6) is 0 Å². The fraction of sp³-hybridized carbons (Fsp3) is 0.400. The molecule has 0 bridgehead atoms. The molecular weight excluding hydrogens is 482 g/mol. The van der Waals surface area contributed by atoms with Gasteiger partial charge in [0.2, 0.25) is 0 Å². The van der Waals surface area contributed by atoms with Crippen LogP contribution in [0.3, 0.4) is 0 Å². The van der Waals surface area contributed by atoms with Crippen LogP contribution >= 0.6 is 0 Å². The summed E-state index contributed by atoms with van der Waals surface area (Å²) in [6.45, 7) is 0.847. The number of rotatable bonds is 10. The highest BCUT2D eigenvalue weighted by atomic mass is 32.2. The Hall–Kier alpha value is -3.12. The van der Waals surface area contributed by atoms with Crippen LogP contribution in [0.25, 0.3) is 0 Å². The van der Waals surface area contributed by atoms with Gasteiger partial charge in [-0.15, -0.1) is 0 Å². The van der Waals surface area contributed by atoms with Gasteiger partial charge in [0.05, 0.1) is 11.7 Å². The van der Waals surface area contributed by atoms with Crippen molar-refractivity contribution < 1.29 is 22.5 Å². The normalized spacial score (nSPS) is 25.6. The van der Waals surface area contributed by atoms with Gasteiger partial charge < -0.3 is 15.0 Å². The van der Waals surface area contributed by atoms with Crippen LogP contribution in [-0.4, -0.2) is 59.1 Å². The first-order valence-corrected chi connectivity index (χ1v) is 13.4. The lowest BCUT2D eigenvalue weighted by atomic mass is 10.1. The van der Waals surface area contributed by atoms with Crippen LogP contribution in [0.1, 0.15) is 46.7 Å². The molecule has 36 heavy (non-hydrogen) atoms. The molecule has 5 rings (SSSR count). The Balaban J connectivity index is 1.23. The van der Waals surface area contributed by atoms with Gasteiger partial charge in [0.1, 0.15) is 18.2 Å². The zero-order chi connectivity index (χ0) is 25.3. The number of aliphatic hydroxyl groups excluding tert-OH is 1. The lowest BCUT2D eigenvalue weighted by molar-refractivity contribution is 0.0636. The summed E-state index contributed by atoms with van der Waals surface area (Å²) in [6.07, 6.45) is 6.34. The lowest BCUT2D eigenvalue weighted by Crippen LogP contribution is -2.31. The Morgan fingerprint density at radius 1 is 1.19 bits per heavy atom. The largest absolute Gasteiger partial charge is 0.390 e. The van der Waals surface area contributed by atoms with Gasteiger partial charge >= 0.3 is 10.3 Å². The van der Waals surface area contributed by atoms with Gasteiger partial charge in [0, 0.05) is 43.8 Å². The molecule has 2 fully saturated rings. The van der Waals surface area contributed by atoms with E-state index in [0.29, 0.717) is 28.8 Å². The number of anilines is 1. The molecule has 2 saturated carbocycles. The van der Waals surface area contributed by atoms with Crippen molar-refractivity contribution >= 4 is 21.9 Å². The third-order valence-electron chi connectivity index (χ3n) is 6.88. The molecule has 3 aromatic rings. The van der Waals surface area contributed by atoms with Gasteiger partial charge in [0.15, 0.2) is 5.78 Å². The van der Waals surface area contributed by atoms with Crippen molar-refractivity contribution in [3.8, 4) is 0 Å². The first-order valence-electron chi connectivity index (χ1n) is 11.9. The summed E-state index contributed by atoms with van der Waals surface area (Å²) in [7, 11) is -2.69. The molecule has 0 aliphatic heterocycles. The highest BCUT2D eigenvalue weighted by molar-refractivity contribution is 7.84. The minimum Gasteiger partial charge on any atom is -0.390 e. The number of nitrogens with one attached hydrogen (secondary N) is 2. The van der Waals surface area contributed by atoms with E-state index >= 15 is 0 Å². The SMILES string of the molecule is CNS(=O)(=O)O[C@@H]1C[C@H](Nc2ncncc2C(=O)c2ccn(C[C@H]3C[C@@H]3c3ccccc3)c2)C[C@@H]1O.